The predicted octanol–water partition coefficient (Wildman–Crippen LogP) is 1.15. The lowest BCUT2D eigenvalue weighted by Gasteiger charge is -2.10. The van der Waals surface area contributed by atoms with Crippen molar-refractivity contribution in [2.45, 2.75) is 13.0 Å². The summed E-state index contributed by atoms with van der Waals surface area (Å²) in [5.74, 6) is -1.78. The topological polar surface area (TPSA) is 88.4 Å². The maximum atomic E-state index is 12.3. The number of aromatic nitrogens is 1. The molecule has 0 unspecified atom stereocenters. The molecule has 0 fully saturated rings. The maximum absolute atomic E-state index is 12.3. The molecule has 0 saturated carbocycles. The van der Waals surface area contributed by atoms with Crippen molar-refractivity contribution in [1.82, 2.24) is 9.88 Å². The second-order valence-electron chi connectivity index (χ2n) is 4.76. The Morgan fingerprint density at radius 3 is 2.50 bits per heavy atom. The molecule has 1 aromatic heterocycles. The number of hydrogen-bond acceptors (Lipinski definition) is 3. The molecular weight excluding hydrogens is 284 g/mol. The van der Waals surface area contributed by atoms with Crippen LogP contribution in [0, 0.1) is 0 Å². The number of amides is 1. The standard InChI is InChI=1S/C16H16N2O4/c1-17-14(19)13-9-12(16(21)22)10-18(15(13)20)8-7-11-5-3-2-4-6-11/h2-6,9-10H,7-8H2,1H3,(H,17,19)(H,21,22). The number of carbonyl (C=O) groups is 2. The van der Waals surface area contributed by atoms with E-state index in [-0.39, 0.29) is 11.1 Å². The minimum absolute atomic E-state index is 0.0914. The molecule has 114 valence electrons. The molecule has 6 nitrogen and oxygen atoms in total. The van der Waals surface area contributed by atoms with Crippen molar-refractivity contribution >= 4 is 11.9 Å². The minimum atomic E-state index is -1.18. The van der Waals surface area contributed by atoms with Crippen molar-refractivity contribution < 1.29 is 14.7 Å². The van der Waals surface area contributed by atoms with E-state index in [9.17, 15) is 14.4 Å². The summed E-state index contributed by atoms with van der Waals surface area (Å²) in [4.78, 5) is 35.1. The predicted molar refractivity (Wildman–Crippen MR) is 81.2 cm³/mol. The molecule has 2 N–H and O–H groups in total. The third-order valence-electron chi connectivity index (χ3n) is 3.29. The zero-order valence-electron chi connectivity index (χ0n) is 12.1. The lowest BCUT2D eigenvalue weighted by Crippen LogP contribution is -2.32. The largest absolute Gasteiger partial charge is 0.478 e. The van der Waals surface area contributed by atoms with E-state index in [0.717, 1.165) is 11.6 Å². The monoisotopic (exact) mass is 300 g/mol. The fraction of sp³-hybridized carbons (Fsp3) is 0.188. The van der Waals surface area contributed by atoms with Crippen LogP contribution in [0.2, 0.25) is 0 Å². The second kappa shape index (κ2) is 6.71. The number of nitrogens with zero attached hydrogens (tertiary/aromatic N) is 1. The highest BCUT2D eigenvalue weighted by atomic mass is 16.4. The highest BCUT2D eigenvalue weighted by molar-refractivity contribution is 5.96. The molecule has 6 heteroatoms. The number of rotatable bonds is 5. The summed E-state index contributed by atoms with van der Waals surface area (Å²) in [6.45, 7) is 0.300. The summed E-state index contributed by atoms with van der Waals surface area (Å²) in [7, 11) is 1.39. The SMILES string of the molecule is CNC(=O)c1cc(C(=O)O)cn(CCc2ccccc2)c1=O. The van der Waals surface area contributed by atoms with Crippen molar-refractivity contribution in [3.8, 4) is 0 Å². The number of hydrogen-bond donors (Lipinski definition) is 2. The van der Waals surface area contributed by atoms with E-state index in [1.807, 2.05) is 30.3 Å². The van der Waals surface area contributed by atoms with Gasteiger partial charge in [-0.2, -0.15) is 0 Å². The number of benzene rings is 1. The molecule has 2 aromatic rings. The molecule has 0 aliphatic rings. The van der Waals surface area contributed by atoms with Gasteiger partial charge >= 0.3 is 5.97 Å². The molecule has 2 rings (SSSR count). The van der Waals surface area contributed by atoms with Gasteiger partial charge in [-0.3, -0.25) is 9.59 Å². The number of carboxylic acids is 1. The average Bonchev–Trinajstić information content (AvgIpc) is 2.54. The van der Waals surface area contributed by atoms with E-state index in [2.05, 4.69) is 5.32 Å². The molecule has 0 bridgehead atoms. The van der Waals surface area contributed by atoms with E-state index in [0.29, 0.717) is 13.0 Å². The van der Waals surface area contributed by atoms with Crippen LogP contribution in [0.15, 0.2) is 47.4 Å². The number of carbonyl (C=O) groups excluding carboxylic acids is 1. The van der Waals surface area contributed by atoms with E-state index in [1.165, 1.54) is 17.8 Å². The number of nitrogens with one attached hydrogen (secondary N) is 1. The first-order chi connectivity index (χ1) is 10.5. The van der Waals surface area contributed by atoms with Crippen LogP contribution in [0.25, 0.3) is 0 Å². The van der Waals surface area contributed by atoms with Crippen LogP contribution in [-0.4, -0.2) is 28.6 Å². The smallest absolute Gasteiger partial charge is 0.337 e. The normalized spacial score (nSPS) is 10.2. The number of carboxylic acid groups (broad SMARTS) is 1. The molecule has 0 aliphatic heterocycles. The van der Waals surface area contributed by atoms with Crippen LogP contribution < -0.4 is 10.9 Å². The number of pyridine rings is 1. The Bertz CT molecular complexity index is 750. The number of aromatic carboxylic acids is 1. The summed E-state index contributed by atoms with van der Waals surface area (Å²) in [6.07, 6.45) is 1.83. The summed E-state index contributed by atoms with van der Waals surface area (Å²) in [6, 6.07) is 10.6. The Hall–Kier alpha value is -2.89. The van der Waals surface area contributed by atoms with Crippen LogP contribution in [0.3, 0.4) is 0 Å². The van der Waals surface area contributed by atoms with Gasteiger partial charge in [0.2, 0.25) is 0 Å². The van der Waals surface area contributed by atoms with Gasteiger partial charge < -0.3 is 15.0 Å². The highest BCUT2D eigenvalue weighted by Crippen LogP contribution is 2.05. The molecule has 0 radical (unpaired) electrons. The minimum Gasteiger partial charge on any atom is -0.478 e. The second-order valence-corrected chi connectivity index (χ2v) is 4.76. The third-order valence-corrected chi connectivity index (χ3v) is 3.29. The van der Waals surface area contributed by atoms with Crippen LogP contribution in [0.4, 0.5) is 0 Å². The van der Waals surface area contributed by atoms with Crippen molar-refractivity contribution in [2.75, 3.05) is 7.05 Å². The number of aryl methyl sites for hydroxylation is 2. The molecule has 0 spiro atoms. The van der Waals surface area contributed by atoms with Crippen molar-refractivity contribution in [1.29, 1.82) is 0 Å². The lowest BCUT2D eigenvalue weighted by atomic mass is 10.1. The van der Waals surface area contributed by atoms with E-state index in [1.54, 1.807) is 0 Å². The Labute approximate surface area is 127 Å². The van der Waals surface area contributed by atoms with Crippen LogP contribution in [0.1, 0.15) is 26.3 Å². The molecule has 1 amide bonds. The molecule has 1 aromatic carbocycles. The zero-order chi connectivity index (χ0) is 16.1. The van der Waals surface area contributed by atoms with E-state index >= 15 is 0 Å². The molecule has 1 heterocycles. The van der Waals surface area contributed by atoms with Gasteiger partial charge in [0.1, 0.15) is 5.56 Å². The molecular formula is C16H16N2O4. The molecule has 0 aliphatic carbocycles. The Morgan fingerprint density at radius 1 is 1.23 bits per heavy atom. The lowest BCUT2D eigenvalue weighted by molar-refractivity contribution is 0.0695. The van der Waals surface area contributed by atoms with Gasteiger partial charge in [-0.05, 0) is 18.1 Å². The fourth-order valence-electron chi connectivity index (χ4n) is 2.11. The molecule has 22 heavy (non-hydrogen) atoms. The van der Waals surface area contributed by atoms with E-state index < -0.39 is 17.4 Å². The summed E-state index contributed by atoms with van der Waals surface area (Å²) in [5.41, 5.74) is 0.263. The van der Waals surface area contributed by atoms with Crippen LogP contribution in [-0.2, 0) is 13.0 Å². The van der Waals surface area contributed by atoms with Crippen molar-refractivity contribution in [2.24, 2.45) is 0 Å². The first-order valence-electron chi connectivity index (χ1n) is 6.76. The van der Waals surface area contributed by atoms with Crippen molar-refractivity contribution in [3.05, 3.63) is 69.6 Å². The molecule has 0 saturated heterocycles. The summed E-state index contributed by atoms with van der Waals surface area (Å²) in [5, 5.41) is 11.5. The Morgan fingerprint density at radius 2 is 1.91 bits per heavy atom. The first-order valence-corrected chi connectivity index (χ1v) is 6.76. The Balaban J connectivity index is 2.37. The van der Waals surface area contributed by atoms with Gasteiger partial charge in [-0.25, -0.2) is 4.79 Å². The Kier molecular flexibility index (Phi) is 4.73. The van der Waals surface area contributed by atoms with Crippen LogP contribution >= 0.6 is 0 Å². The third kappa shape index (κ3) is 3.41. The van der Waals surface area contributed by atoms with Gasteiger partial charge in [0, 0.05) is 19.8 Å². The van der Waals surface area contributed by atoms with Gasteiger partial charge in [0.25, 0.3) is 11.5 Å². The first kappa shape index (κ1) is 15.5. The summed E-state index contributed by atoms with van der Waals surface area (Å²) < 4.78 is 1.26. The quantitative estimate of drug-likeness (QED) is 0.867. The molecule has 0 atom stereocenters. The van der Waals surface area contributed by atoms with Crippen LogP contribution in [0.5, 0.6) is 0 Å². The van der Waals surface area contributed by atoms with Gasteiger partial charge in [0.05, 0.1) is 5.56 Å². The van der Waals surface area contributed by atoms with Gasteiger partial charge in [-0.15, -0.1) is 0 Å². The van der Waals surface area contributed by atoms with Crippen molar-refractivity contribution in [3.63, 3.8) is 0 Å². The van der Waals surface area contributed by atoms with E-state index in [4.69, 9.17) is 5.11 Å². The zero-order valence-corrected chi connectivity index (χ0v) is 12.1. The maximum Gasteiger partial charge on any atom is 0.337 e. The van der Waals surface area contributed by atoms with Gasteiger partial charge in [0.15, 0.2) is 0 Å². The van der Waals surface area contributed by atoms with Gasteiger partial charge in [-0.1, -0.05) is 30.3 Å². The summed E-state index contributed by atoms with van der Waals surface area (Å²) >= 11 is 0. The average molecular weight is 300 g/mol. The highest BCUT2D eigenvalue weighted by Gasteiger charge is 2.16. The fourth-order valence-corrected chi connectivity index (χ4v) is 2.11.